The number of benzene rings is 1. The van der Waals surface area contributed by atoms with Crippen molar-refractivity contribution in [2.75, 3.05) is 0 Å². The van der Waals surface area contributed by atoms with Gasteiger partial charge in [0.2, 0.25) is 0 Å². The molecule has 0 saturated heterocycles. The normalized spacial score (nSPS) is 9.97. The minimum Gasteiger partial charge on any atom is -0.309 e. The first kappa shape index (κ1) is 22.8. The number of halogens is 5. The third kappa shape index (κ3) is 5.55. The van der Waals surface area contributed by atoms with Crippen LogP contribution in [0, 0.1) is 41.2 Å². The molecule has 3 heterocycles. The van der Waals surface area contributed by atoms with Gasteiger partial charge in [0.15, 0.2) is 0 Å². The predicted molar refractivity (Wildman–Crippen MR) is 94.7 cm³/mol. The first-order valence-corrected chi connectivity index (χ1v) is 8.60. The van der Waals surface area contributed by atoms with E-state index >= 15 is 0 Å². The molecule has 4 rings (SSSR count). The van der Waals surface area contributed by atoms with Crippen molar-refractivity contribution in [2.24, 2.45) is 0 Å². The maximum Gasteiger partial charge on any atom is 2.00 e. The standard InChI is InChI=1S/C14H9N2S.C6F5.Pt/c1-2-9-15-11(5-1)12-6-3-7-13(16-12)14-8-4-10-17-14;7-2-1-3(8)5(10)6(11)4(2)9;/h1-7,9-10H;;/q2*-1;+2. The molecule has 3 aromatic heterocycles. The topological polar surface area (TPSA) is 25.8 Å². The number of hydrogen-bond donors (Lipinski definition) is 0. The third-order valence-corrected chi connectivity index (χ3v) is 4.20. The van der Waals surface area contributed by atoms with Crippen molar-refractivity contribution in [3.05, 3.63) is 95.3 Å². The summed E-state index contributed by atoms with van der Waals surface area (Å²) in [4.78, 5) is 9.96. The maximum absolute atomic E-state index is 12.0. The van der Waals surface area contributed by atoms with E-state index in [0.717, 1.165) is 28.0 Å². The fourth-order valence-corrected chi connectivity index (χ4v) is 2.74. The number of nitrogens with zero attached hydrogens (tertiary/aromatic N) is 2. The van der Waals surface area contributed by atoms with Crippen molar-refractivity contribution >= 4 is 11.3 Å². The molecule has 4 aromatic rings. The Kier molecular flexibility index (Phi) is 8.17. The molecule has 0 aliphatic rings. The molecule has 9 heteroatoms. The van der Waals surface area contributed by atoms with Crippen LogP contribution in [0.5, 0.6) is 0 Å². The minimum absolute atomic E-state index is 0. The van der Waals surface area contributed by atoms with Gasteiger partial charge in [-0.25, -0.2) is 24.5 Å². The van der Waals surface area contributed by atoms with Gasteiger partial charge in [-0.3, -0.25) is 13.8 Å². The van der Waals surface area contributed by atoms with E-state index in [2.05, 4.69) is 16.0 Å². The third-order valence-electron chi connectivity index (χ3n) is 3.37. The van der Waals surface area contributed by atoms with Crippen LogP contribution in [0.4, 0.5) is 22.0 Å². The van der Waals surface area contributed by atoms with Crippen LogP contribution in [0.2, 0.25) is 0 Å². The van der Waals surface area contributed by atoms with Gasteiger partial charge in [0.1, 0.15) is 0 Å². The molecular formula is C20H9F5N2PtS. The second-order valence-corrected chi connectivity index (χ2v) is 6.13. The van der Waals surface area contributed by atoms with E-state index in [1.807, 2.05) is 47.8 Å². The van der Waals surface area contributed by atoms with Crippen molar-refractivity contribution in [3.63, 3.8) is 0 Å². The first-order valence-electron chi connectivity index (χ1n) is 7.72. The summed E-state index contributed by atoms with van der Waals surface area (Å²) in [5.74, 6) is -10.0. The van der Waals surface area contributed by atoms with Crippen LogP contribution in [0.25, 0.3) is 22.0 Å². The van der Waals surface area contributed by atoms with Gasteiger partial charge in [-0.15, -0.1) is 11.4 Å². The van der Waals surface area contributed by atoms with Gasteiger partial charge in [-0.1, -0.05) is 23.1 Å². The Hall–Kier alpha value is -2.44. The van der Waals surface area contributed by atoms with Gasteiger partial charge in [0, 0.05) is 6.20 Å². The van der Waals surface area contributed by atoms with Crippen molar-refractivity contribution in [1.82, 2.24) is 9.97 Å². The summed E-state index contributed by atoms with van der Waals surface area (Å²) < 4.78 is 59.9. The molecule has 0 aliphatic carbocycles. The van der Waals surface area contributed by atoms with Gasteiger partial charge in [0.05, 0.1) is 40.5 Å². The van der Waals surface area contributed by atoms with Crippen LogP contribution >= 0.6 is 11.3 Å². The van der Waals surface area contributed by atoms with Gasteiger partial charge in [0.25, 0.3) is 0 Å². The van der Waals surface area contributed by atoms with Crippen molar-refractivity contribution in [2.45, 2.75) is 0 Å². The van der Waals surface area contributed by atoms with Crippen LogP contribution in [-0.2, 0) is 21.1 Å². The fourth-order valence-electron chi connectivity index (χ4n) is 2.09. The summed E-state index contributed by atoms with van der Waals surface area (Å²) >= 11 is 1.64. The fraction of sp³-hybridized carbons (Fsp3) is 0. The largest absolute Gasteiger partial charge is 2.00 e. The Morgan fingerprint density at radius 1 is 0.759 bits per heavy atom. The number of pyridine rings is 2. The average molecular weight is 599 g/mol. The SMILES string of the molecule is Fc1[c-]c(F)c(F)c(F)c1F.[Pt+2].[c-]1ccsc1-c1cccc(-c2ccccn2)n1. The van der Waals surface area contributed by atoms with Gasteiger partial charge >= 0.3 is 21.1 Å². The maximum atomic E-state index is 12.0. The van der Waals surface area contributed by atoms with E-state index < -0.39 is 29.1 Å². The summed E-state index contributed by atoms with van der Waals surface area (Å²) in [6.45, 7) is 0. The van der Waals surface area contributed by atoms with Crippen molar-refractivity contribution in [1.29, 1.82) is 0 Å². The average Bonchev–Trinajstić information content (AvgIpc) is 3.27. The van der Waals surface area contributed by atoms with Crippen LogP contribution in [0.1, 0.15) is 0 Å². The molecule has 0 bridgehead atoms. The molecule has 0 N–H and O–H groups in total. The molecule has 0 saturated carbocycles. The van der Waals surface area contributed by atoms with Crippen molar-refractivity contribution < 1.29 is 43.0 Å². The molecule has 150 valence electrons. The Morgan fingerprint density at radius 2 is 1.41 bits per heavy atom. The molecule has 0 unspecified atom stereocenters. The Labute approximate surface area is 181 Å². The number of thiophene rings is 1. The van der Waals surface area contributed by atoms with Crippen LogP contribution in [-0.4, -0.2) is 9.97 Å². The van der Waals surface area contributed by atoms with Gasteiger partial charge in [-0.2, -0.15) is 12.1 Å². The summed E-state index contributed by atoms with van der Waals surface area (Å²) in [6.07, 6.45) is 1.78. The first-order chi connectivity index (χ1) is 13.5. The molecule has 0 spiro atoms. The van der Waals surface area contributed by atoms with Crippen LogP contribution < -0.4 is 0 Å². The summed E-state index contributed by atoms with van der Waals surface area (Å²) in [7, 11) is 0. The second-order valence-electron chi connectivity index (χ2n) is 5.21. The predicted octanol–water partition coefficient (Wildman–Crippen LogP) is 5.85. The Balaban J connectivity index is 0.000000219. The molecule has 29 heavy (non-hydrogen) atoms. The van der Waals surface area contributed by atoms with Crippen molar-refractivity contribution in [3.8, 4) is 22.0 Å². The molecular weight excluding hydrogens is 590 g/mol. The Morgan fingerprint density at radius 3 is 2.00 bits per heavy atom. The quantitative estimate of drug-likeness (QED) is 0.125. The molecule has 1 aromatic carbocycles. The zero-order valence-electron chi connectivity index (χ0n) is 14.2. The monoisotopic (exact) mass is 599 g/mol. The minimum atomic E-state index is -2.17. The van der Waals surface area contributed by atoms with E-state index in [9.17, 15) is 22.0 Å². The number of rotatable bonds is 2. The molecule has 0 amide bonds. The summed E-state index contributed by atoms with van der Waals surface area (Å²) in [5, 5.41) is 2.00. The molecule has 0 fully saturated rings. The summed E-state index contributed by atoms with van der Waals surface area (Å²) in [6, 6.07) is 17.9. The molecule has 0 atom stereocenters. The smallest absolute Gasteiger partial charge is 0.309 e. The number of aromatic nitrogens is 2. The molecule has 2 nitrogen and oxygen atoms in total. The van der Waals surface area contributed by atoms with Gasteiger partial charge < -0.3 is 4.98 Å². The second kappa shape index (κ2) is 10.4. The van der Waals surface area contributed by atoms with Crippen LogP contribution in [0.15, 0.2) is 54.0 Å². The van der Waals surface area contributed by atoms with E-state index in [-0.39, 0.29) is 21.1 Å². The molecule has 0 aliphatic heterocycles. The van der Waals surface area contributed by atoms with E-state index in [1.165, 1.54) is 0 Å². The summed E-state index contributed by atoms with van der Waals surface area (Å²) in [5.41, 5.74) is 2.74. The van der Waals surface area contributed by atoms with Gasteiger partial charge in [-0.05, 0) is 23.9 Å². The van der Waals surface area contributed by atoms with E-state index in [0.29, 0.717) is 0 Å². The Bertz CT molecular complexity index is 1050. The zero-order valence-corrected chi connectivity index (χ0v) is 17.3. The number of hydrogen-bond acceptors (Lipinski definition) is 3. The van der Waals surface area contributed by atoms with Crippen LogP contribution in [0.3, 0.4) is 0 Å². The van der Waals surface area contributed by atoms with E-state index in [4.69, 9.17) is 0 Å². The molecule has 0 radical (unpaired) electrons. The zero-order chi connectivity index (χ0) is 20.1. The van der Waals surface area contributed by atoms with E-state index in [1.54, 1.807) is 17.5 Å².